The third-order valence-corrected chi connectivity index (χ3v) is 2.85. The van der Waals surface area contributed by atoms with Crippen LogP contribution in [0.5, 0.6) is 11.5 Å². The highest BCUT2D eigenvalue weighted by atomic mass is 16.5. The van der Waals surface area contributed by atoms with Gasteiger partial charge in [-0.05, 0) is 19.9 Å². The first-order chi connectivity index (χ1) is 9.13. The van der Waals surface area contributed by atoms with Gasteiger partial charge in [0.25, 0.3) is 0 Å². The third-order valence-electron chi connectivity index (χ3n) is 2.85. The normalized spacial score (nSPS) is 16.7. The summed E-state index contributed by atoms with van der Waals surface area (Å²) in [6.45, 7) is 4.49. The molecule has 1 aliphatic rings. The summed E-state index contributed by atoms with van der Waals surface area (Å²) in [6.07, 6.45) is 1.02. The van der Waals surface area contributed by atoms with Crippen LogP contribution in [-0.2, 0) is 16.0 Å². The minimum Gasteiger partial charge on any atom is -0.492 e. The molecule has 0 saturated carbocycles. The molecule has 0 bridgehead atoms. The maximum absolute atomic E-state index is 11.6. The van der Waals surface area contributed by atoms with Crippen molar-refractivity contribution in [2.45, 2.75) is 26.4 Å². The topological polar surface area (TPSA) is 56.8 Å². The molecule has 104 valence electrons. The predicted octanol–water partition coefficient (Wildman–Crippen LogP) is 1.99. The summed E-state index contributed by atoms with van der Waals surface area (Å²) in [4.78, 5) is 11.6. The highest BCUT2D eigenvalue weighted by molar-refractivity contribution is 5.93. The van der Waals surface area contributed by atoms with Gasteiger partial charge < -0.3 is 19.5 Å². The molecule has 2 rings (SSSR count). The Labute approximate surface area is 112 Å². The quantitative estimate of drug-likeness (QED) is 0.884. The fourth-order valence-electron chi connectivity index (χ4n) is 2.13. The van der Waals surface area contributed by atoms with Crippen molar-refractivity contribution < 1.29 is 19.0 Å². The fourth-order valence-corrected chi connectivity index (χ4v) is 2.13. The molecule has 0 radical (unpaired) electrons. The molecule has 5 nitrogen and oxygen atoms in total. The van der Waals surface area contributed by atoms with Crippen LogP contribution in [0, 0.1) is 0 Å². The van der Waals surface area contributed by atoms with Crippen molar-refractivity contribution >= 4 is 11.6 Å². The second-order valence-corrected chi connectivity index (χ2v) is 4.50. The highest BCUT2D eigenvalue weighted by Gasteiger charge is 2.22. The number of fused-ring (bicyclic) bond motifs is 1. The van der Waals surface area contributed by atoms with E-state index < -0.39 is 0 Å². The Balaban J connectivity index is 2.25. The van der Waals surface area contributed by atoms with E-state index in [1.54, 1.807) is 0 Å². The number of hydrogen-bond acceptors (Lipinski definition) is 4. The van der Waals surface area contributed by atoms with Crippen LogP contribution < -0.4 is 14.8 Å². The van der Waals surface area contributed by atoms with Gasteiger partial charge in [0.1, 0.15) is 24.2 Å². The summed E-state index contributed by atoms with van der Waals surface area (Å²) in [7, 11) is 1.48. The van der Waals surface area contributed by atoms with E-state index in [0.717, 1.165) is 17.7 Å². The van der Waals surface area contributed by atoms with E-state index in [1.165, 1.54) is 7.11 Å². The summed E-state index contributed by atoms with van der Waals surface area (Å²) in [5.41, 5.74) is 1.73. The number of methoxy groups -OCH3 is 1. The van der Waals surface area contributed by atoms with Gasteiger partial charge >= 0.3 is 0 Å². The van der Waals surface area contributed by atoms with Crippen LogP contribution in [-0.4, -0.2) is 32.3 Å². The number of nitrogens with one attached hydrogen (secondary N) is 1. The number of carbonyl (C=O) groups is 1. The van der Waals surface area contributed by atoms with Crippen LogP contribution in [0.3, 0.4) is 0 Å². The lowest BCUT2D eigenvalue weighted by atomic mass is 10.1. The molecule has 0 spiro atoms. The van der Waals surface area contributed by atoms with Crippen LogP contribution in [0.4, 0.5) is 5.69 Å². The molecule has 0 fully saturated rings. The Morgan fingerprint density at radius 3 is 3.00 bits per heavy atom. The van der Waals surface area contributed by atoms with Crippen LogP contribution >= 0.6 is 0 Å². The van der Waals surface area contributed by atoms with Crippen LogP contribution in [0.1, 0.15) is 19.4 Å². The van der Waals surface area contributed by atoms with Gasteiger partial charge in [0.2, 0.25) is 5.91 Å². The first-order valence-electron chi connectivity index (χ1n) is 6.39. The number of hydrogen-bond donors (Lipinski definition) is 1. The Bertz CT molecular complexity index is 473. The molecule has 1 heterocycles. The van der Waals surface area contributed by atoms with E-state index in [0.29, 0.717) is 18.0 Å². The van der Waals surface area contributed by atoms with Gasteiger partial charge in [-0.1, -0.05) is 0 Å². The van der Waals surface area contributed by atoms with E-state index in [-0.39, 0.29) is 18.6 Å². The minimum absolute atomic E-state index is 0.0138. The van der Waals surface area contributed by atoms with Crippen molar-refractivity contribution in [1.29, 1.82) is 0 Å². The number of amides is 1. The highest BCUT2D eigenvalue weighted by Crippen LogP contribution is 2.37. The van der Waals surface area contributed by atoms with Crippen molar-refractivity contribution in [3.05, 3.63) is 17.7 Å². The molecule has 0 aromatic heterocycles. The van der Waals surface area contributed by atoms with Gasteiger partial charge in [0, 0.05) is 25.2 Å². The molecular weight excluding hydrogens is 246 g/mol. The molecule has 1 aromatic carbocycles. The maximum Gasteiger partial charge on any atom is 0.250 e. The standard InChI is InChI=1S/C14H19NO4/c1-4-18-13-6-10-5-9(2)19-12(10)7-11(13)15-14(16)8-17-3/h6-7,9H,4-5,8H2,1-3H3,(H,15,16)/t9-/m0/s1. The van der Waals surface area contributed by atoms with Crippen molar-refractivity contribution in [3.63, 3.8) is 0 Å². The van der Waals surface area contributed by atoms with E-state index >= 15 is 0 Å². The molecule has 1 aromatic rings. The number of carbonyl (C=O) groups excluding carboxylic acids is 1. The monoisotopic (exact) mass is 265 g/mol. The largest absolute Gasteiger partial charge is 0.492 e. The van der Waals surface area contributed by atoms with Gasteiger partial charge in [0.15, 0.2) is 0 Å². The number of ether oxygens (including phenoxy) is 3. The zero-order valence-corrected chi connectivity index (χ0v) is 11.5. The molecule has 1 atom stereocenters. The zero-order chi connectivity index (χ0) is 13.8. The van der Waals surface area contributed by atoms with Crippen LogP contribution in [0.25, 0.3) is 0 Å². The Kier molecular flexibility index (Phi) is 4.27. The van der Waals surface area contributed by atoms with Crippen molar-refractivity contribution in [3.8, 4) is 11.5 Å². The lowest BCUT2D eigenvalue weighted by molar-refractivity contribution is -0.119. The molecule has 1 N–H and O–H groups in total. The summed E-state index contributed by atoms with van der Waals surface area (Å²) in [5, 5.41) is 2.77. The first kappa shape index (κ1) is 13.7. The average Bonchev–Trinajstić information content (AvgIpc) is 2.69. The number of anilines is 1. The fraction of sp³-hybridized carbons (Fsp3) is 0.500. The van der Waals surface area contributed by atoms with Gasteiger partial charge in [-0.25, -0.2) is 0 Å². The Morgan fingerprint density at radius 2 is 2.32 bits per heavy atom. The molecule has 0 unspecified atom stereocenters. The van der Waals surface area contributed by atoms with Gasteiger partial charge in [-0.2, -0.15) is 0 Å². The molecule has 5 heteroatoms. The van der Waals surface area contributed by atoms with Crippen molar-refractivity contribution in [2.75, 3.05) is 25.6 Å². The van der Waals surface area contributed by atoms with Gasteiger partial charge in [-0.15, -0.1) is 0 Å². The van der Waals surface area contributed by atoms with Crippen molar-refractivity contribution in [1.82, 2.24) is 0 Å². The number of benzene rings is 1. The first-order valence-corrected chi connectivity index (χ1v) is 6.39. The van der Waals surface area contributed by atoms with Crippen LogP contribution in [0.15, 0.2) is 12.1 Å². The zero-order valence-electron chi connectivity index (χ0n) is 11.5. The van der Waals surface area contributed by atoms with E-state index in [2.05, 4.69) is 5.32 Å². The molecule has 0 saturated heterocycles. The third kappa shape index (κ3) is 3.17. The van der Waals surface area contributed by atoms with E-state index in [9.17, 15) is 4.79 Å². The second kappa shape index (κ2) is 5.93. The summed E-state index contributed by atoms with van der Waals surface area (Å²) in [6, 6.07) is 3.75. The van der Waals surface area contributed by atoms with Gasteiger partial charge in [0.05, 0.1) is 12.3 Å². The minimum atomic E-state index is -0.213. The van der Waals surface area contributed by atoms with Gasteiger partial charge in [-0.3, -0.25) is 4.79 Å². The molecular formula is C14H19NO4. The average molecular weight is 265 g/mol. The summed E-state index contributed by atoms with van der Waals surface area (Å²) >= 11 is 0. The van der Waals surface area contributed by atoms with E-state index in [1.807, 2.05) is 26.0 Å². The molecule has 1 aliphatic heterocycles. The Morgan fingerprint density at radius 1 is 1.53 bits per heavy atom. The predicted molar refractivity (Wildman–Crippen MR) is 71.9 cm³/mol. The summed E-state index contributed by atoms with van der Waals surface area (Å²) in [5.74, 6) is 1.27. The van der Waals surface area contributed by atoms with Crippen LogP contribution in [0.2, 0.25) is 0 Å². The lowest BCUT2D eigenvalue weighted by Crippen LogP contribution is -2.17. The van der Waals surface area contributed by atoms with E-state index in [4.69, 9.17) is 14.2 Å². The summed E-state index contributed by atoms with van der Waals surface area (Å²) < 4.78 is 16.1. The SMILES string of the molecule is CCOc1cc2c(cc1NC(=O)COC)O[C@@H](C)C2. The lowest BCUT2D eigenvalue weighted by Gasteiger charge is -2.13. The Hall–Kier alpha value is -1.75. The molecule has 0 aliphatic carbocycles. The smallest absolute Gasteiger partial charge is 0.250 e. The second-order valence-electron chi connectivity index (χ2n) is 4.50. The molecule has 19 heavy (non-hydrogen) atoms. The van der Waals surface area contributed by atoms with Crippen molar-refractivity contribution in [2.24, 2.45) is 0 Å². The maximum atomic E-state index is 11.6. The molecule has 1 amide bonds. The number of rotatable bonds is 5.